The fourth-order valence-corrected chi connectivity index (χ4v) is 1.54. The van der Waals surface area contributed by atoms with Crippen LogP contribution in [0.3, 0.4) is 0 Å². The van der Waals surface area contributed by atoms with Gasteiger partial charge in [0.05, 0.1) is 0 Å². The summed E-state index contributed by atoms with van der Waals surface area (Å²) in [5.41, 5.74) is 0.992. The highest BCUT2D eigenvalue weighted by molar-refractivity contribution is 6.16. The zero-order valence-electron chi connectivity index (χ0n) is 8.25. The molecule has 2 fully saturated rings. The molecule has 14 heavy (non-hydrogen) atoms. The van der Waals surface area contributed by atoms with Crippen molar-refractivity contribution in [2.75, 3.05) is 0 Å². The second kappa shape index (κ2) is 2.83. The lowest BCUT2D eigenvalue weighted by atomic mass is 9.87. The smallest absolute Gasteiger partial charge is 0.348 e. The molecule has 1 aliphatic carbocycles. The molecule has 76 valence electrons. The van der Waals surface area contributed by atoms with E-state index in [-0.39, 0.29) is 5.57 Å². The van der Waals surface area contributed by atoms with Crippen LogP contribution >= 0.6 is 0 Å². The van der Waals surface area contributed by atoms with Crippen LogP contribution in [0.1, 0.15) is 33.1 Å². The van der Waals surface area contributed by atoms with Gasteiger partial charge in [-0.25, -0.2) is 9.59 Å². The largest absolute Gasteiger partial charge is 0.419 e. The molecule has 0 aromatic rings. The molecule has 0 aromatic heterocycles. The van der Waals surface area contributed by atoms with Gasteiger partial charge in [-0.3, -0.25) is 0 Å². The molecule has 1 heterocycles. The summed E-state index contributed by atoms with van der Waals surface area (Å²) >= 11 is 0. The minimum absolute atomic E-state index is 0.121. The lowest BCUT2D eigenvalue weighted by molar-refractivity contribution is -0.222. The van der Waals surface area contributed by atoms with E-state index in [4.69, 9.17) is 9.47 Å². The summed E-state index contributed by atoms with van der Waals surface area (Å²) in [4.78, 5) is 22.9. The van der Waals surface area contributed by atoms with Crippen molar-refractivity contribution >= 4 is 11.9 Å². The van der Waals surface area contributed by atoms with Gasteiger partial charge in [-0.05, 0) is 24.8 Å². The molecule has 0 aromatic carbocycles. The number of carbonyl (C=O) groups excluding carboxylic acids is 2. The molecule has 0 atom stereocenters. The molecule has 0 radical (unpaired) electrons. The summed E-state index contributed by atoms with van der Waals surface area (Å²) in [5, 5.41) is 0. The van der Waals surface area contributed by atoms with Crippen molar-refractivity contribution in [3.63, 3.8) is 0 Å². The van der Waals surface area contributed by atoms with E-state index in [1.165, 1.54) is 0 Å². The predicted molar refractivity (Wildman–Crippen MR) is 47.1 cm³/mol. The van der Waals surface area contributed by atoms with Crippen LogP contribution in [0.2, 0.25) is 0 Å². The Morgan fingerprint density at radius 2 is 1.57 bits per heavy atom. The Morgan fingerprint density at radius 1 is 1.07 bits per heavy atom. The monoisotopic (exact) mass is 196 g/mol. The third-order valence-corrected chi connectivity index (χ3v) is 2.40. The number of hydrogen-bond acceptors (Lipinski definition) is 4. The molecule has 1 aliphatic heterocycles. The molecule has 0 unspecified atom stereocenters. The van der Waals surface area contributed by atoms with E-state index in [1.807, 2.05) is 0 Å². The highest BCUT2D eigenvalue weighted by Crippen LogP contribution is 2.33. The number of carbonyl (C=O) groups is 2. The first-order valence-corrected chi connectivity index (χ1v) is 4.68. The van der Waals surface area contributed by atoms with E-state index < -0.39 is 17.7 Å². The Hall–Kier alpha value is -1.32. The van der Waals surface area contributed by atoms with Crippen LogP contribution in [0.25, 0.3) is 0 Å². The number of hydrogen-bond donors (Lipinski definition) is 0. The number of cyclic esters (lactones) is 2. The molecule has 2 aliphatic rings. The topological polar surface area (TPSA) is 52.6 Å². The van der Waals surface area contributed by atoms with Crippen molar-refractivity contribution in [2.24, 2.45) is 0 Å². The fraction of sp³-hybridized carbons (Fsp3) is 0.600. The number of esters is 2. The van der Waals surface area contributed by atoms with E-state index >= 15 is 0 Å². The SMILES string of the molecule is CC1(C)OC(=O)C(=C2CCC2)C(=O)O1. The second-order valence-corrected chi connectivity index (χ2v) is 4.01. The summed E-state index contributed by atoms with van der Waals surface area (Å²) in [6.07, 6.45) is 2.64. The second-order valence-electron chi connectivity index (χ2n) is 4.01. The zero-order valence-corrected chi connectivity index (χ0v) is 8.25. The summed E-state index contributed by atoms with van der Waals surface area (Å²) in [5.74, 6) is -2.20. The maximum Gasteiger partial charge on any atom is 0.348 e. The Morgan fingerprint density at radius 3 is 1.93 bits per heavy atom. The third kappa shape index (κ3) is 1.41. The minimum atomic E-state index is -1.12. The van der Waals surface area contributed by atoms with Gasteiger partial charge in [-0.15, -0.1) is 0 Å². The summed E-state index contributed by atoms with van der Waals surface area (Å²) in [6.45, 7) is 3.09. The highest BCUT2D eigenvalue weighted by Gasteiger charge is 2.41. The average Bonchev–Trinajstić information content (AvgIpc) is 1.90. The van der Waals surface area contributed by atoms with Gasteiger partial charge in [0.25, 0.3) is 5.79 Å². The Labute approximate surface area is 81.9 Å². The van der Waals surface area contributed by atoms with Crippen LogP contribution in [0.5, 0.6) is 0 Å². The molecule has 0 bridgehead atoms. The number of rotatable bonds is 0. The average molecular weight is 196 g/mol. The molecule has 4 heteroatoms. The van der Waals surface area contributed by atoms with Crippen LogP contribution < -0.4 is 0 Å². The minimum Gasteiger partial charge on any atom is -0.419 e. The Bertz CT molecular complexity index is 310. The number of ether oxygens (including phenoxy) is 2. The van der Waals surface area contributed by atoms with Gasteiger partial charge in [0.2, 0.25) is 0 Å². The maximum absolute atomic E-state index is 11.5. The van der Waals surface area contributed by atoms with Gasteiger partial charge in [-0.1, -0.05) is 0 Å². The summed E-state index contributed by atoms with van der Waals surface area (Å²) < 4.78 is 9.95. The van der Waals surface area contributed by atoms with Gasteiger partial charge >= 0.3 is 11.9 Å². The lowest BCUT2D eigenvalue weighted by Gasteiger charge is -2.32. The van der Waals surface area contributed by atoms with Gasteiger partial charge in [0.15, 0.2) is 0 Å². The summed E-state index contributed by atoms with van der Waals surface area (Å²) in [7, 11) is 0. The van der Waals surface area contributed by atoms with Crippen LogP contribution in [0.15, 0.2) is 11.1 Å². The van der Waals surface area contributed by atoms with E-state index in [0.717, 1.165) is 24.8 Å². The van der Waals surface area contributed by atoms with Crippen molar-refractivity contribution < 1.29 is 19.1 Å². The molecule has 0 amide bonds. The first kappa shape index (κ1) is 9.24. The Balaban J connectivity index is 2.29. The van der Waals surface area contributed by atoms with Gasteiger partial charge in [0.1, 0.15) is 5.57 Å². The van der Waals surface area contributed by atoms with Gasteiger partial charge in [0, 0.05) is 13.8 Å². The van der Waals surface area contributed by atoms with Gasteiger partial charge in [-0.2, -0.15) is 0 Å². The third-order valence-electron chi connectivity index (χ3n) is 2.40. The maximum atomic E-state index is 11.5. The first-order chi connectivity index (χ1) is 6.49. The molecule has 0 spiro atoms. The van der Waals surface area contributed by atoms with E-state index in [0.29, 0.717) is 0 Å². The highest BCUT2D eigenvalue weighted by atomic mass is 16.7. The van der Waals surface area contributed by atoms with E-state index in [9.17, 15) is 9.59 Å². The normalized spacial score (nSPS) is 25.3. The molecule has 4 nitrogen and oxygen atoms in total. The van der Waals surface area contributed by atoms with Crippen molar-refractivity contribution in [3.05, 3.63) is 11.1 Å². The van der Waals surface area contributed by atoms with E-state index in [2.05, 4.69) is 0 Å². The molecular formula is C10H12O4. The number of allylic oxidation sites excluding steroid dienone is 1. The lowest BCUT2D eigenvalue weighted by Crippen LogP contribution is -2.42. The van der Waals surface area contributed by atoms with Crippen LogP contribution in [-0.2, 0) is 19.1 Å². The first-order valence-electron chi connectivity index (χ1n) is 4.68. The zero-order chi connectivity index (χ0) is 10.3. The van der Waals surface area contributed by atoms with Gasteiger partial charge < -0.3 is 9.47 Å². The van der Waals surface area contributed by atoms with E-state index in [1.54, 1.807) is 13.8 Å². The van der Waals surface area contributed by atoms with Crippen LogP contribution in [0, 0.1) is 0 Å². The van der Waals surface area contributed by atoms with Crippen molar-refractivity contribution in [2.45, 2.75) is 38.9 Å². The molecule has 0 N–H and O–H groups in total. The van der Waals surface area contributed by atoms with Crippen LogP contribution in [0.4, 0.5) is 0 Å². The van der Waals surface area contributed by atoms with Crippen molar-refractivity contribution in [3.8, 4) is 0 Å². The quantitative estimate of drug-likeness (QED) is 0.333. The predicted octanol–water partition coefficient (Wildman–Crippen LogP) is 1.30. The van der Waals surface area contributed by atoms with Crippen LogP contribution in [-0.4, -0.2) is 17.7 Å². The van der Waals surface area contributed by atoms with Crippen molar-refractivity contribution in [1.82, 2.24) is 0 Å². The fourth-order valence-electron chi connectivity index (χ4n) is 1.54. The molecule has 2 rings (SSSR count). The standard InChI is InChI=1S/C10H12O4/c1-10(2)13-8(11)7(9(12)14-10)6-4-3-5-6/h3-5H2,1-2H3. The molecular weight excluding hydrogens is 184 g/mol. The molecule has 1 saturated heterocycles. The summed E-state index contributed by atoms with van der Waals surface area (Å²) in [6, 6.07) is 0. The Kier molecular flexibility index (Phi) is 1.87. The van der Waals surface area contributed by atoms with Crippen molar-refractivity contribution in [1.29, 1.82) is 0 Å². The molecule has 1 saturated carbocycles.